The lowest BCUT2D eigenvalue weighted by Gasteiger charge is -2.16. The minimum Gasteiger partial charge on any atom is -0.466 e. The van der Waals surface area contributed by atoms with Crippen LogP contribution in [-0.4, -0.2) is 34.0 Å². The van der Waals surface area contributed by atoms with Gasteiger partial charge in [-0.25, -0.2) is 4.98 Å². The molecule has 24 heavy (non-hydrogen) atoms. The Balaban J connectivity index is 1.91. The standard InChI is InChI=1S/C18H19N3O3/c1-10-8-13(12(3)23-10)15-9-14(18(22)21-6-4-5-7-21)16-11(2)20-24-17(16)19-15/h8-9H,4-7H2,1-3H3. The van der Waals surface area contributed by atoms with Gasteiger partial charge in [0.05, 0.1) is 22.3 Å². The largest absolute Gasteiger partial charge is 0.466 e. The van der Waals surface area contributed by atoms with Gasteiger partial charge < -0.3 is 13.8 Å². The minimum atomic E-state index is 0.0188. The summed E-state index contributed by atoms with van der Waals surface area (Å²) in [4.78, 5) is 19.4. The van der Waals surface area contributed by atoms with Crippen molar-refractivity contribution in [3.05, 3.63) is 34.9 Å². The van der Waals surface area contributed by atoms with Gasteiger partial charge in [-0.15, -0.1) is 0 Å². The number of carbonyl (C=O) groups excluding carboxylic acids is 1. The van der Waals surface area contributed by atoms with Crippen LogP contribution in [-0.2, 0) is 0 Å². The third kappa shape index (κ3) is 2.29. The quantitative estimate of drug-likeness (QED) is 0.719. The van der Waals surface area contributed by atoms with Crippen molar-refractivity contribution in [2.75, 3.05) is 13.1 Å². The molecule has 6 heteroatoms. The molecule has 0 aromatic carbocycles. The first-order valence-electron chi connectivity index (χ1n) is 8.18. The van der Waals surface area contributed by atoms with Crippen molar-refractivity contribution >= 4 is 17.0 Å². The van der Waals surface area contributed by atoms with E-state index in [1.165, 1.54) is 0 Å². The van der Waals surface area contributed by atoms with E-state index in [9.17, 15) is 4.79 Å². The molecule has 0 radical (unpaired) electrons. The van der Waals surface area contributed by atoms with Gasteiger partial charge in [0.1, 0.15) is 11.5 Å². The zero-order valence-electron chi connectivity index (χ0n) is 14.0. The Labute approximate surface area is 139 Å². The summed E-state index contributed by atoms with van der Waals surface area (Å²) in [6.45, 7) is 7.21. The number of furan rings is 1. The van der Waals surface area contributed by atoms with Crippen LogP contribution in [0.1, 0.15) is 40.4 Å². The second-order valence-electron chi connectivity index (χ2n) is 6.33. The fourth-order valence-corrected chi connectivity index (χ4v) is 3.38. The van der Waals surface area contributed by atoms with Gasteiger partial charge in [-0.1, -0.05) is 5.16 Å². The predicted octanol–water partition coefficient (Wildman–Crippen LogP) is 3.64. The second kappa shape index (κ2) is 5.47. The van der Waals surface area contributed by atoms with E-state index >= 15 is 0 Å². The molecule has 0 unspecified atom stereocenters. The van der Waals surface area contributed by atoms with Crippen molar-refractivity contribution < 1.29 is 13.7 Å². The maximum absolute atomic E-state index is 13.0. The van der Waals surface area contributed by atoms with Crippen LogP contribution >= 0.6 is 0 Å². The molecule has 0 bridgehead atoms. The van der Waals surface area contributed by atoms with Gasteiger partial charge in [-0.05, 0) is 45.7 Å². The number of nitrogens with zero attached hydrogens (tertiary/aromatic N) is 3. The van der Waals surface area contributed by atoms with Crippen molar-refractivity contribution in [3.8, 4) is 11.3 Å². The monoisotopic (exact) mass is 325 g/mol. The third-order valence-corrected chi connectivity index (χ3v) is 4.56. The number of aryl methyl sites for hydroxylation is 3. The van der Waals surface area contributed by atoms with E-state index in [0.29, 0.717) is 28.1 Å². The summed E-state index contributed by atoms with van der Waals surface area (Å²) in [5.41, 5.74) is 3.24. The molecule has 124 valence electrons. The fourth-order valence-electron chi connectivity index (χ4n) is 3.38. The van der Waals surface area contributed by atoms with Gasteiger partial charge in [0, 0.05) is 18.7 Å². The molecule has 4 heterocycles. The third-order valence-electron chi connectivity index (χ3n) is 4.56. The molecule has 1 aliphatic heterocycles. The van der Waals surface area contributed by atoms with Gasteiger partial charge in [0.2, 0.25) is 0 Å². The molecule has 0 N–H and O–H groups in total. The first kappa shape index (κ1) is 14.9. The van der Waals surface area contributed by atoms with Gasteiger partial charge >= 0.3 is 0 Å². The molecular weight excluding hydrogens is 306 g/mol. The van der Waals surface area contributed by atoms with Crippen LogP contribution in [0.4, 0.5) is 0 Å². The first-order valence-corrected chi connectivity index (χ1v) is 8.18. The van der Waals surface area contributed by atoms with Gasteiger partial charge in [-0.2, -0.15) is 0 Å². The number of carbonyl (C=O) groups is 1. The van der Waals surface area contributed by atoms with Crippen LogP contribution in [0.2, 0.25) is 0 Å². The SMILES string of the molecule is Cc1cc(-c2cc(C(=O)N3CCCC3)c3c(C)noc3n2)c(C)o1. The summed E-state index contributed by atoms with van der Waals surface area (Å²) in [7, 11) is 0. The van der Waals surface area contributed by atoms with Crippen molar-refractivity contribution in [2.24, 2.45) is 0 Å². The van der Waals surface area contributed by atoms with Crippen molar-refractivity contribution in [2.45, 2.75) is 33.6 Å². The van der Waals surface area contributed by atoms with Crippen LogP contribution in [0.3, 0.4) is 0 Å². The normalized spacial score (nSPS) is 14.7. The molecule has 0 spiro atoms. The lowest BCUT2D eigenvalue weighted by Crippen LogP contribution is -2.27. The minimum absolute atomic E-state index is 0.0188. The predicted molar refractivity (Wildman–Crippen MR) is 88.9 cm³/mol. The van der Waals surface area contributed by atoms with E-state index in [4.69, 9.17) is 8.94 Å². The Bertz CT molecular complexity index is 933. The molecule has 0 atom stereocenters. The molecular formula is C18H19N3O3. The molecule has 6 nitrogen and oxygen atoms in total. The van der Waals surface area contributed by atoms with Gasteiger partial charge in [-0.3, -0.25) is 4.79 Å². The Morgan fingerprint density at radius 1 is 1.17 bits per heavy atom. The Kier molecular flexibility index (Phi) is 3.40. The summed E-state index contributed by atoms with van der Waals surface area (Å²) in [5.74, 6) is 1.60. The number of hydrogen-bond acceptors (Lipinski definition) is 5. The van der Waals surface area contributed by atoms with E-state index in [1.807, 2.05) is 37.8 Å². The van der Waals surface area contributed by atoms with Crippen LogP contribution in [0.25, 0.3) is 22.4 Å². The van der Waals surface area contributed by atoms with E-state index in [-0.39, 0.29) is 5.91 Å². The van der Waals surface area contributed by atoms with Crippen LogP contribution < -0.4 is 0 Å². The second-order valence-corrected chi connectivity index (χ2v) is 6.33. The molecule has 1 amide bonds. The lowest BCUT2D eigenvalue weighted by molar-refractivity contribution is 0.0794. The highest BCUT2D eigenvalue weighted by Gasteiger charge is 2.25. The molecule has 3 aromatic heterocycles. The number of likely N-dealkylation sites (tertiary alicyclic amines) is 1. The summed E-state index contributed by atoms with van der Waals surface area (Å²) in [6.07, 6.45) is 2.10. The first-order chi connectivity index (χ1) is 11.5. The summed E-state index contributed by atoms with van der Waals surface area (Å²) in [6, 6.07) is 3.77. The average Bonchev–Trinajstić information content (AvgIpc) is 3.27. The van der Waals surface area contributed by atoms with Crippen molar-refractivity contribution in [1.29, 1.82) is 0 Å². The van der Waals surface area contributed by atoms with Gasteiger partial charge in [0.15, 0.2) is 0 Å². The van der Waals surface area contributed by atoms with E-state index < -0.39 is 0 Å². The number of rotatable bonds is 2. The Hall–Kier alpha value is -2.63. The number of aromatic nitrogens is 2. The molecule has 4 rings (SSSR count). The maximum Gasteiger partial charge on any atom is 0.259 e. The summed E-state index contributed by atoms with van der Waals surface area (Å²) >= 11 is 0. The van der Waals surface area contributed by atoms with Crippen LogP contribution in [0.15, 0.2) is 21.1 Å². The van der Waals surface area contributed by atoms with E-state index in [2.05, 4.69) is 10.1 Å². The number of pyridine rings is 1. The number of hydrogen-bond donors (Lipinski definition) is 0. The van der Waals surface area contributed by atoms with Crippen LogP contribution in [0.5, 0.6) is 0 Å². The smallest absolute Gasteiger partial charge is 0.259 e. The molecule has 3 aromatic rings. The topological polar surface area (TPSA) is 72.4 Å². The number of fused-ring (bicyclic) bond motifs is 1. The van der Waals surface area contributed by atoms with Crippen LogP contribution in [0, 0.1) is 20.8 Å². The Morgan fingerprint density at radius 2 is 1.92 bits per heavy atom. The molecule has 1 fully saturated rings. The number of amides is 1. The van der Waals surface area contributed by atoms with E-state index in [0.717, 1.165) is 43.0 Å². The van der Waals surface area contributed by atoms with Crippen molar-refractivity contribution in [3.63, 3.8) is 0 Å². The maximum atomic E-state index is 13.0. The highest BCUT2D eigenvalue weighted by Crippen LogP contribution is 2.31. The Morgan fingerprint density at radius 3 is 2.58 bits per heavy atom. The zero-order valence-corrected chi connectivity index (χ0v) is 14.0. The highest BCUT2D eigenvalue weighted by molar-refractivity contribution is 6.07. The molecule has 1 aliphatic rings. The average molecular weight is 325 g/mol. The summed E-state index contributed by atoms with van der Waals surface area (Å²) in [5, 5.41) is 4.70. The fraction of sp³-hybridized carbons (Fsp3) is 0.389. The van der Waals surface area contributed by atoms with E-state index in [1.54, 1.807) is 0 Å². The van der Waals surface area contributed by atoms with Crippen molar-refractivity contribution in [1.82, 2.24) is 15.0 Å². The zero-order chi connectivity index (χ0) is 16.8. The molecule has 0 aliphatic carbocycles. The lowest BCUT2D eigenvalue weighted by atomic mass is 10.0. The van der Waals surface area contributed by atoms with Gasteiger partial charge in [0.25, 0.3) is 11.6 Å². The summed E-state index contributed by atoms with van der Waals surface area (Å²) < 4.78 is 11.0. The molecule has 0 saturated carbocycles. The molecule has 1 saturated heterocycles. The highest BCUT2D eigenvalue weighted by atomic mass is 16.5.